The molecule has 0 bridgehead atoms. The van der Waals surface area contributed by atoms with Gasteiger partial charge in [-0.2, -0.15) is 5.26 Å². The molecular weight excluding hydrogens is 340 g/mol. The first kappa shape index (κ1) is 18.2. The minimum atomic E-state index is -0.429. The summed E-state index contributed by atoms with van der Waals surface area (Å²) in [5, 5.41) is 20.3. The molecule has 0 unspecified atom stereocenters. The van der Waals surface area contributed by atoms with E-state index in [-0.39, 0.29) is 5.69 Å². The van der Waals surface area contributed by atoms with Crippen molar-refractivity contribution in [2.24, 2.45) is 0 Å². The Morgan fingerprint density at radius 2 is 2.04 bits per heavy atom. The first-order valence-electron chi connectivity index (χ1n) is 8.63. The lowest BCUT2D eigenvalue weighted by Gasteiger charge is -2.29. The Labute approximate surface area is 157 Å². The Morgan fingerprint density at radius 1 is 1.26 bits per heavy atom. The van der Waals surface area contributed by atoms with Crippen LogP contribution < -0.4 is 4.90 Å². The summed E-state index contributed by atoms with van der Waals surface area (Å²) in [5.74, 6) is 6.10. The van der Waals surface area contributed by atoms with E-state index in [1.54, 1.807) is 12.1 Å². The Bertz CT molecular complexity index is 999. The average Bonchev–Trinajstić information content (AvgIpc) is 2.68. The lowest BCUT2D eigenvalue weighted by atomic mass is 10.0. The molecule has 1 aromatic carbocycles. The average molecular weight is 358 g/mol. The molecule has 6 heteroatoms. The molecule has 0 aliphatic carbocycles. The van der Waals surface area contributed by atoms with E-state index in [2.05, 4.69) is 16.8 Å². The highest BCUT2D eigenvalue weighted by Crippen LogP contribution is 2.32. The van der Waals surface area contributed by atoms with Crippen LogP contribution in [0.3, 0.4) is 0 Å². The van der Waals surface area contributed by atoms with Gasteiger partial charge in [-0.15, -0.1) is 0 Å². The van der Waals surface area contributed by atoms with E-state index in [9.17, 15) is 10.1 Å². The molecule has 1 aliphatic heterocycles. The minimum Gasteiger partial charge on any atom is -0.365 e. The molecule has 0 saturated carbocycles. The Morgan fingerprint density at radius 3 is 2.70 bits per heavy atom. The summed E-state index contributed by atoms with van der Waals surface area (Å²) in [7, 11) is 0. The zero-order chi connectivity index (χ0) is 19.2. The summed E-state index contributed by atoms with van der Waals surface area (Å²) in [5.41, 5.74) is 3.75. The summed E-state index contributed by atoms with van der Waals surface area (Å²) in [6.45, 7) is 3.30. The molecule has 27 heavy (non-hydrogen) atoms. The molecule has 1 aromatic heterocycles. The van der Waals surface area contributed by atoms with Gasteiger partial charge in [-0.25, -0.2) is 4.98 Å². The second kappa shape index (κ2) is 8.16. The van der Waals surface area contributed by atoms with E-state index in [0.717, 1.165) is 24.2 Å². The molecule has 3 rings (SSSR count). The lowest BCUT2D eigenvalue weighted by molar-refractivity contribution is -0.384. The zero-order valence-corrected chi connectivity index (χ0v) is 15.0. The second-order valence-corrected chi connectivity index (χ2v) is 6.30. The SMILES string of the molecule is Cc1cccc(C#CC=C2CCN(c3ccc(C#N)cc3[N+](=O)[O-])CC2)n1. The number of aryl methyl sites for hydroxylation is 1. The van der Waals surface area contributed by atoms with Crippen molar-refractivity contribution in [3.8, 4) is 17.9 Å². The predicted molar refractivity (Wildman–Crippen MR) is 103 cm³/mol. The normalized spacial score (nSPS) is 13.3. The van der Waals surface area contributed by atoms with Crippen molar-refractivity contribution in [3.63, 3.8) is 0 Å². The predicted octanol–water partition coefficient (Wildman–Crippen LogP) is 3.75. The van der Waals surface area contributed by atoms with Gasteiger partial charge in [0.05, 0.1) is 16.6 Å². The zero-order valence-electron chi connectivity index (χ0n) is 15.0. The number of anilines is 1. The maximum Gasteiger partial charge on any atom is 0.293 e. The fourth-order valence-electron chi connectivity index (χ4n) is 3.01. The van der Waals surface area contributed by atoms with Gasteiger partial charge in [-0.3, -0.25) is 10.1 Å². The van der Waals surface area contributed by atoms with Crippen molar-refractivity contribution < 1.29 is 4.92 Å². The summed E-state index contributed by atoms with van der Waals surface area (Å²) in [4.78, 5) is 17.2. The van der Waals surface area contributed by atoms with Gasteiger partial charge >= 0.3 is 0 Å². The molecule has 1 fully saturated rings. The first-order valence-corrected chi connectivity index (χ1v) is 8.63. The third-order valence-electron chi connectivity index (χ3n) is 4.41. The van der Waals surface area contributed by atoms with Crippen LogP contribution in [0.25, 0.3) is 0 Å². The number of hydrogen-bond acceptors (Lipinski definition) is 5. The number of benzene rings is 1. The number of allylic oxidation sites excluding steroid dienone is 1. The molecule has 2 heterocycles. The van der Waals surface area contributed by atoms with Crippen LogP contribution in [0.5, 0.6) is 0 Å². The van der Waals surface area contributed by atoms with E-state index in [0.29, 0.717) is 24.3 Å². The number of nitro benzene ring substituents is 1. The van der Waals surface area contributed by atoms with E-state index in [1.165, 1.54) is 11.6 Å². The molecule has 0 radical (unpaired) electrons. The molecule has 0 atom stereocenters. The Hall–Kier alpha value is -3.64. The van der Waals surface area contributed by atoms with Crippen LogP contribution >= 0.6 is 0 Å². The van der Waals surface area contributed by atoms with Crippen LogP contribution in [0, 0.1) is 40.2 Å². The quantitative estimate of drug-likeness (QED) is 0.464. The van der Waals surface area contributed by atoms with Crippen LogP contribution in [0.15, 0.2) is 48.0 Å². The van der Waals surface area contributed by atoms with Crippen molar-refractivity contribution in [1.82, 2.24) is 4.98 Å². The largest absolute Gasteiger partial charge is 0.365 e. The monoisotopic (exact) mass is 358 g/mol. The number of nitriles is 1. The van der Waals surface area contributed by atoms with Gasteiger partial charge in [-0.1, -0.05) is 17.6 Å². The molecule has 1 aliphatic rings. The molecular formula is C21H18N4O2. The standard InChI is InChI=1S/C21H18N4O2/c1-16-4-2-6-19(23-16)7-3-5-17-10-12-24(13-11-17)20-9-8-18(15-22)14-21(20)25(26)27/h2,4-6,8-9,14H,10-13H2,1H3. The van der Waals surface area contributed by atoms with Crippen molar-refractivity contribution in [2.45, 2.75) is 19.8 Å². The second-order valence-electron chi connectivity index (χ2n) is 6.30. The molecule has 6 nitrogen and oxygen atoms in total. The number of nitro groups is 1. The van der Waals surface area contributed by atoms with Crippen LogP contribution in [0.2, 0.25) is 0 Å². The number of rotatable bonds is 2. The maximum absolute atomic E-state index is 11.3. The van der Waals surface area contributed by atoms with E-state index >= 15 is 0 Å². The van der Waals surface area contributed by atoms with E-state index in [4.69, 9.17) is 5.26 Å². The minimum absolute atomic E-state index is 0.0215. The highest BCUT2D eigenvalue weighted by molar-refractivity contribution is 5.66. The Kier molecular flexibility index (Phi) is 5.49. The van der Waals surface area contributed by atoms with E-state index in [1.807, 2.05) is 42.2 Å². The third-order valence-corrected chi connectivity index (χ3v) is 4.41. The highest BCUT2D eigenvalue weighted by atomic mass is 16.6. The molecule has 1 saturated heterocycles. The summed E-state index contributed by atoms with van der Waals surface area (Å²) in [6, 6.07) is 12.3. The summed E-state index contributed by atoms with van der Waals surface area (Å²) < 4.78 is 0. The lowest BCUT2D eigenvalue weighted by Crippen LogP contribution is -2.31. The van der Waals surface area contributed by atoms with Crippen molar-refractivity contribution >= 4 is 11.4 Å². The van der Waals surface area contributed by atoms with Gasteiger partial charge in [0, 0.05) is 24.8 Å². The van der Waals surface area contributed by atoms with Gasteiger partial charge in [0.2, 0.25) is 0 Å². The van der Waals surface area contributed by atoms with Gasteiger partial charge in [0.25, 0.3) is 5.69 Å². The van der Waals surface area contributed by atoms with Crippen LogP contribution in [0.4, 0.5) is 11.4 Å². The Balaban J connectivity index is 1.69. The number of aromatic nitrogens is 1. The van der Waals surface area contributed by atoms with Crippen molar-refractivity contribution in [3.05, 3.63) is 75.1 Å². The molecule has 0 amide bonds. The molecule has 0 spiro atoms. The van der Waals surface area contributed by atoms with Crippen LogP contribution in [-0.2, 0) is 0 Å². The number of nitrogens with zero attached hydrogens (tertiary/aromatic N) is 4. The summed E-state index contributed by atoms with van der Waals surface area (Å²) in [6.07, 6.45) is 3.52. The van der Waals surface area contributed by atoms with Crippen LogP contribution in [0.1, 0.15) is 29.8 Å². The van der Waals surface area contributed by atoms with Gasteiger partial charge in [-0.05, 0) is 56.0 Å². The van der Waals surface area contributed by atoms with E-state index < -0.39 is 4.92 Å². The topological polar surface area (TPSA) is 83.1 Å². The van der Waals surface area contributed by atoms with Gasteiger partial charge in [0.1, 0.15) is 11.4 Å². The summed E-state index contributed by atoms with van der Waals surface area (Å²) >= 11 is 0. The highest BCUT2D eigenvalue weighted by Gasteiger charge is 2.22. The molecule has 134 valence electrons. The van der Waals surface area contributed by atoms with Crippen molar-refractivity contribution in [1.29, 1.82) is 5.26 Å². The fraction of sp³-hybridized carbons (Fsp3) is 0.238. The van der Waals surface area contributed by atoms with Gasteiger partial charge in [0.15, 0.2) is 0 Å². The smallest absolute Gasteiger partial charge is 0.293 e. The fourth-order valence-corrected chi connectivity index (χ4v) is 3.01. The van der Waals surface area contributed by atoms with Gasteiger partial charge < -0.3 is 4.90 Å². The number of piperidine rings is 1. The maximum atomic E-state index is 11.3. The molecule has 0 N–H and O–H groups in total. The van der Waals surface area contributed by atoms with Crippen molar-refractivity contribution in [2.75, 3.05) is 18.0 Å². The first-order chi connectivity index (χ1) is 13.1. The third kappa shape index (κ3) is 4.50. The molecule has 2 aromatic rings. The van der Waals surface area contributed by atoms with Crippen LogP contribution in [-0.4, -0.2) is 23.0 Å². The number of pyridine rings is 1. The number of hydrogen-bond donors (Lipinski definition) is 0.